The molecule has 1 aromatic heterocycles. The van der Waals surface area contributed by atoms with Gasteiger partial charge in [-0.05, 0) is 24.8 Å². The van der Waals surface area contributed by atoms with Crippen LogP contribution in [0.1, 0.15) is 23.2 Å². The molecule has 0 aliphatic carbocycles. The van der Waals surface area contributed by atoms with E-state index >= 15 is 0 Å². The molecule has 5 nitrogen and oxygen atoms in total. The van der Waals surface area contributed by atoms with Gasteiger partial charge in [0.2, 0.25) is 0 Å². The average molecular weight is 236 g/mol. The van der Waals surface area contributed by atoms with Crippen molar-refractivity contribution >= 4 is 5.91 Å². The van der Waals surface area contributed by atoms with E-state index in [2.05, 4.69) is 4.98 Å². The summed E-state index contributed by atoms with van der Waals surface area (Å²) in [5.41, 5.74) is 0.392. The van der Waals surface area contributed by atoms with Crippen molar-refractivity contribution < 1.29 is 15.0 Å². The van der Waals surface area contributed by atoms with Gasteiger partial charge in [0, 0.05) is 25.9 Å². The van der Waals surface area contributed by atoms with Crippen molar-refractivity contribution in [2.45, 2.75) is 12.8 Å². The molecule has 0 aromatic carbocycles. The zero-order valence-corrected chi connectivity index (χ0v) is 9.54. The van der Waals surface area contributed by atoms with Crippen LogP contribution in [0.3, 0.4) is 0 Å². The molecule has 1 atom stereocenters. The van der Waals surface area contributed by atoms with Gasteiger partial charge in [0.1, 0.15) is 5.75 Å². The van der Waals surface area contributed by atoms with Gasteiger partial charge in [-0.15, -0.1) is 0 Å². The van der Waals surface area contributed by atoms with Crippen molar-refractivity contribution in [3.05, 3.63) is 24.0 Å². The number of aromatic hydroxyl groups is 1. The predicted octanol–water partition coefficient (Wildman–Crippen LogP) is 0.632. The molecule has 2 rings (SSSR count). The normalized spacial score (nSPS) is 20.3. The van der Waals surface area contributed by atoms with Gasteiger partial charge in [-0.3, -0.25) is 9.78 Å². The number of aromatic nitrogens is 1. The topological polar surface area (TPSA) is 73.7 Å². The van der Waals surface area contributed by atoms with Crippen LogP contribution in [0.4, 0.5) is 0 Å². The van der Waals surface area contributed by atoms with E-state index in [0.29, 0.717) is 18.7 Å². The van der Waals surface area contributed by atoms with Crippen molar-refractivity contribution in [1.29, 1.82) is 0 Å². The second kappa shape index (κ2) is 5.14. The molecule has 1 fully saturated rings. The fourth-order valence-corrected chi connectivity index (χ4v) is 2.13. The third-order valence-corrected chi connectivity index (χ3v) is 3.04. The highest BCUT2D eigenvalue weighted by Crippen LogP contribution is 2.19. The van der Waals surface area contributed by atoms with Crippen LogP contribution in [-0.2, 0) is 0 Å². The maximum Gasteiger partial charge on any atom is 0.255 e. The van der Waals surface area contributed by atoms with E-state index in [0.717, 1.165) is 12.8 Å². The van der Waals surface area contributed by atoms with Crippen LogP contribution in [0.2, 0.25) is 0 Å². The summed E-state index contributed by atoms with van der Waals surface area (Å²) in [5.74, 6) is 0.0242. The highest BCUT2D eigenvalue weighted by atomic mass is 16.3. The highest BCUT2D eigenvalue weighted by Gasteiger charge is 2.24. The van der Waals surface area contributed by atoms with E-state index in [-0.39, 0.29) is 24.2 Å². The molecular formula is C12H16N2O3. The number of rotatable bonds is 2. The van der Waals surface area contributed by atoms with Crippen molar-refractivity contribution in [3.63, 3.8) is 0 Å². The van der Waals surface area contributed by atoms with Crippen LogP contribution in [0.5, 0.6) is 5.75 Å². The molecule has 0 radical (unpaired) electrons. The Morgan fingerprint density at radius 2 is 2.35 bits per heavy atom. The van der Waals surface area contributed by atoms with Gasteiger partial charge in [0.05, 0.1) is 11.8 Å². The first-order valence-corrected chi connectivity index (χ1v) is 5.75. The molecule has 0 spiro atoms. The van der Waals surface area contributed by atoms with Crippen molar-refractivity contribution in [1.82, 2.24) is 9.88 Å². The summed E-state index contributed by atoms with van der Waals surface area (Å²) in [6.45, 7) is 1.39. The van der Waals surface area contributed by atoms with Crippen LogP contribution in [0.25, 0.3) is 0 Å². The zero-order chi connectivity index (χ0) is 12.3. The fourth-order valence-electron chi connectivity index (χ4n) is 2.13. The number of amides is 1. The van der Waals surface area contributed by atoms with Crippen molar-refractivity contribution in [2.24, 2.45) is 5.92 Å². The molecular weight excluding hydrogens is 220 g/mol. The number of aliphatic hydroxyl groups is 1. The number of pyridine rings is 1. The van der Waals surface area contributed by atoms with Gasteiger partial charge in [0.15, 0.2) is 0 Å². The summed E-state index contributed by atoms with van der Waals surface area (Å²) in [6.07, 6.45) is 4.61. The van der Waals surface area contributed by atoms with E-state index in [1.54, 1.807) is 4.90 Å². The Labute approximate surface area is 99.7 Å². The Balaban J connectivity index is 2.09. The molecule has 5 heteroatoms. The third kappa shape index (κ3) is 2.74. The first-order chi connectivity index (χ1) is 8.20. The summed E-state index contributed by atoms with van der Waals surface area (Å²) in [7, 11) is 0. The molecule has 1 saturated heterocycles. The van der Waals surface area contributed by atoms with Crippen LogP contribution < -0.4 is 0 Å². The van der Waals surface area contributed by atoms with Gasteiger partial charge in [-0.2, -0.15) is 0 Å². The molecule has 1 amide bonds. The maximum atomic E-state index is 12.1. The lowest BCUT2D eigenvalue weighted by molar-refractivity contribution is 0.0620. The molecule has 0 saturated carbocycles. The van der Waals surface area contributed by atoms with Crippen LogP contribution in [0, 0.1) is 5.92 Å². The standard InChI is InChI=1S/C12H16N2O3/c15-8-9-2-1-3-14(7-9)12(17)10-4-11(16)6-13-5-10/h4-6,9,15-16H,1-3,7-8H2. The molecule has 2 N–H and O–H groups in total. The number of piperidine rings is 1. The van der Waals surface area contributed by atoms with E-state index in [4.69, 9.17) is 5.11 Å². The van der Waals surface area contributed by atoms with Gasteiger partial charge < -0.3 is 15.1 Å². The Hall–Kier alpha value is -1.62. The van der Waals surface area contributed by atoms with Crippen molar-refractivity contribution in [2.75, 3.05) is 19.7 Å². The largest absolute Gasteiger partial charge is 0.506 e. The minimum atomic E-state index is -0.133. The van der Waals surface area contributed by atoms with Crippen LogP contribution >= 0.6 is 0 Å². The monoisotopic (exact) mass is 236 g/mol. The first-order valence-electron chi connectivity index (χ1n) is 5.75. The van der Waals surface area contributed by atoms with E-state index < -0.39 is 0 Å². The minimum absolute atomic E-state index is 0.00781. The molecule has 1 unspecified atom stereocenters. The highest BCUT2D eigenvalue weighted by molar-refractivity contribution is 5.94. The van der Waals surface area contributed by atoms with Crippen LogP contribution in [-0.4, -0.2) is 45.7 Å². The summed E-state index contributed by atoms with van der Waals surface area (Å²) in [6, 6.07) is 1.41. The average Bonchev–Trinajstić information content (AvgIpc) is 2.38. The first kappa shape index (κ1) is 11.9. The molecule has 1 aromatic rings. The third-order valence-electron chi connectivity index (χ3n) is 3.04. The Bertz CT molecular complexity index is 408. The second-order valence-electron chi connectivity index (χ2n) is 4.37. The number of hydrogen-bond donors (Lipinski definition) is 2. The number of nitrogens with zero attached hydrogens (tertiary/aromatic N) is 2. The smallest absolute Gasteiger partial charge is 0.255 e. The number of hydrogen-bond acceptors (Lipinski definition) is 4. The summed E-state index contributed by atoms with van der Waals surface area (Å²) in [5, 5.41) is 18.4. The molecule has 0 bridgehead atoms. The van der Waals surface area contributed by atoms with Gasteiger partial charge in [-0.1, -0.05) is 0 Å². The fraction of sp³-hybridized carbons (Fsp3) is 0.500. The molecule has 1 aliphatic rings. The van der Waals surface area contributed by atoms with E-state index in [1.807, 2.05) is 0 Å². The van der Waals surface area contributed by atoms with Crippen LogP contribution in [0.15, 0.2) is 18.5 Å². The second-order valence-corrected chi connectivity index (χ2v) is 4.37. The SMILES string of the molecule is O=C(c1cncc(O)c1)N1CCCC(CO)C1. The molecule has 1 aliphatic heterocycles. The Morgan fingerprint density at radius 1 is 1.53 bits per heavy atom. The van der Waals surface area contributed by atoms with Gasteiger partial charge in [-0.25, -0.2) is 0 Å². The number of likely N-dealkylation sites (tertiary alicyclic amines) is 1. The summed E-state index contributed by atoms with van der Waals surface area (Å²) >= 11 is 0. The zero-order valence-electron chi connectivity index (χ0n) is 9.54. The predicted molar refractivity (Wildman–Crippen MR) is 61.6 cm³/mol. The maximum absolute atomic E-state index is 12.1. The molecule has 17 heavy (non-hydrogen) atoms. The lowest BCUT2D eigenvalue weighted by atomic mass is 9.98. The molecule has 92 valence electrons. The summed E-state index contributed by atoms with van der Waals surface area (Å²) < 4.78 is 0. The number of carbonyl (C=O) groups excluding carboxylic acids is 1. The lowest BCUT2D eigenvalue weighted by Crippen LogP contribution is -2.40. The van der Waals surface area contributed by atoms with E-state index in [9.17, 15) is 9.90 Å². The minimum Gasteiger partial charge on any atom is -0.506 e. The Morgan fingerprint density at radius 3 is 3.06 bits per heavy atom. The quantitative estimate of drug-likeness (QED) is 0.790. The van der Waals surface area contributed by atoms with Gasteiger partial charge in [0.25, 0.3) is 5.91 Å². The van der Waals surface area contributed by atoms with E-state index in [1.165, 1.54) is 18.5 Å². The van der Waals surface area contributed by atoms with Crippen molar-refractivity contribution in [3.8, 4) is 5.75 Å². The Kier molecular flexibility index (Phi) is 3.58. The number of aliphatic hydroxyl groups excluding tert-OH is 1. The number of carbonyl (C=O) groups is 1. The molecule has 2 heterocycles. The summed E-state index contributed by atoms with van der Waals surface area (Å²) in [4.78, 5) is 17.6. The lowest BCUT2D eigenvalue weighted by Gasteiger charge is -2.31. The van der Waals surface area contributed by atoms with Gasteiger partial charge >= 0.3 is 0 Å².